The lowest BCUT2D eigenvalue weighted by molar-refractivity contribution is -0.116. The van der Waals surface area contributed by atoms with E-state index in [4.69, 9.17) is 18.0 Å². The first-order valence-electron chi connectivity index (χ1n) is 5.93. The number of nitrogens with two attached hydrogens (primary N) is 1. The number of carbonyl (C=O) groups is 1. The summed E-state index contributed by atoms with van der Waals surface area (Å²) < 4.78 is 0. The van der Waals surface area contributed by atoms with Gasteiger partial charge in [0.05, 0.1) is 10.7 Å². The summed E-state index contributed by atoms with van der Waals surface area (Å²) in [6.45, 7) is 0.809. The van der Waals surface area contributed by atoms with Crippen LogP contribution in [0, 0.1) is 0 Å². The maximum atomic E-state index is 12.2. The molecule has 0 aromatic heterocycles. The van der Waals surface area contributed by atoms with E-state index in [1.165, 1.54) is 17.3 Å². The molecule has 0 unspecified atom stereocenters. The Morgan fingerprint density at radius 3 is 2.94 bits per heavy atom. The average molecular weight is 280 g/mol. The number of hydrogen-bond acceptors (Lipinski definition) is 3. The zero-order valence-corrected chi connectivity index (χ0v) is 11.7. The summed E-state index contributed by atoms with van der Waals surface area (Å²) in [5.41, 5.74) is 7.74. The molecule has 0 radical (unpaired) electrons. The number of anilines is 1. The molecule has 1 aromatic rings. The number of aryl methyl sites for hydroxylation is 1. The Bertz CT molecular complexity index is 462. The number of rotatable bonds is 4. The fraction of sp³-hybridized carbons (Fsp3) is 0.385. The minimum Gasteiger partial charge on any atom is -0.393 e. The number of para-hydroxylation sites is 1. The summed E-state index contributed by atoms with van der Waals surface area (Å²) in [4.78, 5) is 14.5. The van der Waals surface area contributed by atoms with Crippen molar-refractivity contribution >= 4 is 40.6 Å². The first-order valence-corrected chi connectivity index (χ1v) is 7.49. The molecule has 18 heavy (non-hydrogen) atoms. The number of benzene rings is 1. The number of hydrogen-bond donors (Lipinski definition) is 1. The molecular formula is C13H16N2OS2. The largest absolute Gasteiger partial charge is 0.393 e. The van der Waals surface area contributed by atoms with Crippen molar-refractivity contribution in [1.29, 1.82) is 0 Å². The van der Waals surface area contributed by atoms with Crippen molar-refractivity contribution in [3.05, 3.63) is 29.8 Å². The van der Waals surface area contributed by atoms with Gasteiger partial charge in [-0.2, -0.15) is 0 Å². The van der Waals surface area contributed by atoms with Crippen LogP contribution >= 0.6 is 24.0 Å². The lowest BCUT2D eigenvalue weighted by atomic mass is 10.0. The van der Waals surface area contributed by atoms with Crippen LogP contribution in [0.3, 0.4) is 0 Å². The van der Waals surface area contributed by atoms with Gasteiger partial charge in [0.1, 0.15) is 0 Å². The van der Waals surface area contributed by atoms with Gasteiger partial charge in [0.15, 0.2) is 0 Å². The number of amides is 1. The maximum absolute atomic E-state index is 12.2. The predicted octanol–water partition coefficient (Wildman–Crippen LogP) is 1.99. The van der Waals surface area contributed by atoms with Crippen LogP contribution < -0.4 is 10.6 Å². The van der Waals surface area contributed by atoms with Gasteiger partial charge in [-0.25, -0.2) is 0 Å². The van der Waals surface area contributed by atoms with Crippen LogP contribution in [-0.4, -0.2) is 28.9 Å². The van der Waals surface area contributed by atoms with Gasteiger partial charge >= 0.3 is 0 Å². The Morgan fingerprint density at radius 2 is 2.17 bits per heavy atom. The predicted molar refractivity (Wildman–Crippen MR) is 81.2 cm³/mol. The number of thioether (sulfide) groups is 1. The van der Waals surface area contributed by atoms with Gasteiger partial charge in [-0.1, -0.05) is 30.4 Å². The van der Waals surface area contributed by atoms with Gasteiger partial charge in [0, 0.05) is 18.0 Å². The standard InChI is InChI=1S/C13H16N2OS2/c14-12(17)8-18-9-13(16)15-7-3-5-10-4-1-2-6-11(10)15/h1-2,4,6H,3,5,7-9H2,(H2,14,17). The summed E-state index contributed by atoms with van der Waals surface area (Å²) in [5.74, 6) is 1.14. The maximum Gasteiger partial charge on any atom is 0.236 e. The topological polar surface area (TPSA) is 46.3 Å². The quantitative estimate of drug-likeness (QED) is 0.857. The highest BCUT2D eigenvalue weighted by Crippen LogP contribution is 2.27. The molecule has 2 N–H and O–H groups in total. The van der Waals surface area contributed by atoms with Crippen molar-refractivity contribution < 1.29 is 4.79 Å². The Kier molecular flexibility index (Phi) is 4.60. The van der Waals surface area contributed by atoms with Crippen molar-refractivity contribution in [1.82, 2.24) is 0 Å². The first kappa shape index (κ1) is 13.4. The van der Waals surface area contributed by atoms with E-state index in [-0.39, 0.29) is 5.91 Å². The average Bonchev–Trinajstić information content (AvgIpc) is 2.37. The summed E-state index contributed by atoms with van der Waals surface area (Å²) in [5, 5.41) is 0. The molecule has 1 aliphatic rings. The molecule has 5 heteroatoms. The molecule has 0 atom stereocenters. The smallest absolute Gasteiger partial charge is 0.236 e. The van der Waals surface area contributed by atoms with E-state index >= 15 is 0 Å². The van der Waals surface area contributed by atoms with Gasteiger partial charge in [-0.3, -0.25) is 4.79 Å². The van der Waals surface area contributed by atoms with Crippen LogP contribution in [0.4, 0.5) is 5.69 Å². The third-order valence-electron chi connectivity index (χ3n) is 2.88. The highest BCUT2D eigenvalue weighted by Gasteiger charge is 2.21. The Morgan fingerprint density at radius 1 is 1.39 bits per heavy atom. The second-order valence-corrected chi connectivity index (χ2v) is 5.75. The molecule has 3 nitrogen and oxygen atoms in total. The Balaban J connectivity index is 2.01. The Labute approximate surface area is 117 Å². The molecule has 1 amide bonds. The minimum atomic E-state index is 0.142. The van der Waals surface area contributed by atoms with E-state index in [2.05, 4.69) is 6.07 Å². The van der Waals surface area contributed by atoms with Crippen molar-refractivity contribution in [2.24, 2.45) is 5.73 Å². The molecule has 0 aliphatic carbocycles. The first-order chi connectivity index (χ1) is 8.68. The van der Waals surface area contributed by atoms with E-state index in [0.717, 1.165) is 25.1 Å². The van der Waals surface area contributed by atoms with Crippen molar-refractivity contribution in [2.75, 3.05) is 23.0 Å². The summed E-state index contributed by atoms with van der Waals surface area (Å²) in [7, 11) is 0. The summed E-state index contributed by atoms with van der Waals surface area (Å²) in [6, 6.07) is 8.11. The molecule has 1 heterocycles. The molecule has 96 valence electrons. The minimum absolute atomic E-state index is 0.142. The van der Waals surface area contributed by atoms with Crippen LogP contribution in [0.25, 0.3) is 0 Å². The van der Waals surface area contributed by atoms with Gasteiger partial charge < -0.3 is 10.6 Å². The van der Waals surface area contributed by atoms with Gasteiger partial charge in [-0.05, 0) is 24.5 Å². The van der Waals surface area contributed by atoms with E-state index in [0.29, 0.717) is 16.5 Å². The molecule has 0 saturated heterocycles. The SMILES string of the molecule is NC(=S)CSCC(=O)N1CCCc2ccccc21. The lowest BCUT2D eigenvalue weighted by Gasteiger charge is -2.29. The number of fused-ring (bicyclic) bond motifs is 1. The van der Waals surface area contributed by atoms with E-state index < -0.39 is 0 Å². The third kappa shape index (κ3) is 3.23. The molecule has 0 spiro atoms. The number of thiocarbonyl (C=S) groups is 1. The molecule has 0 saturated carbocycles. The summed E-state index contributed by atoms with van der Waals surface area (Å²) >= 11 is 6.28. The molecule has 1 aromatic carbocycles. The highest BCUT2D eigenvalue weighted by atomic mass is 32.2. The highest BCUT2D eigenvalue weighted by molar-refractivity contribution is 8.01. The normalized spacial score (nSPS) is 14.1. The second kappa shape index (κ2) is 6.20. The Hall–Kier alpha value is -1.07. The zero-order valence-electron chi connectivity index (χ0n) is 10.1. The van der Waals surface area contributed by atoms with Crippen LogP contribution in [0.15, 0.2) is 24.3 Å². The fourth-order valence-electron chi connectivity index (χ4n) is 2.11. The summed E-state index contributed by atoms with van der Waals surface area (Å²) in [6.07, 6.45) is 2.09. The molecule has 2 rings (SSSR count). The number of nitrogens with zero attached hydrogens (tertiary/aromatic N) is 1. The number of carbonyl (C=O) groups excluding carboxylic acids is 1. The van der Waals surface area contributed by atoms with Crippen molar-refractivity contribution in [3.63, 3.8) is 0 Å². The van der Waals surface area contributed by atoms with E-state index in [1.54, 1.807) is 0 Å². The van der Waals surface area contributed by atoms with Crippen molar-refractivity contribution in [2.45, 2.75) is 12.8 Å². The van der Waals surface area contributed by atoms with E-state index in [1.807, 2.05) is 23.1 Å². The van der Waals surface area contributed by atoms with Crippen LogP contribution in [0.1, 0.15) is 12.0 Å². The van der Waals surface area contributed by atoms with E-state index in [9.17, 15) is 4.79 Å². The molecule has 0 fully saturated rings. The van der Waals surface area contributed by atoms with Gasteiger partial charge in [-0.15, -0.1) is 11.8 Å². The van der Waals surface area contributed by atoms with Crippen molar-refractivity contribution in [3.8, 4) is 0 Å². The third-order valence-corrected chi connectivity index (χ3v) is 4.17. The molecular weight excluding hydrogens is 264 g/mol. The monoisotopic (exact) mass is 280 g/mol. The fourth-order valence-corrected chi connectivity index (χ4v) is 2.99. The van der Waals surface area contributed by atoms with Gasteiger partial charge in [0.2, 0.25) is 5.91 Å². The van der Waals surface area contributed by atoms with Crippen LogP contribution in [-0.2, 0) is 11.2 Å². The van der Waals surface area contributed by atoms with Gasteiger partial charge in [0.25, 0.3) is 0 Å². The molecule has 1 aliphatic heterocycles. The zero-order chi connectivity index (χ0) is 13.0. The second-order valence-electron chi connectivity index (χ2n) is 4.24. The van der Waals surface area contributed by atoms with Crippen LogP contribution in [0.2, 0.25) is 0 Å². The lowest BCUT2D eigenvalue weighted by Crippen LogP contribution is -2.36. The molecule has 0 bridgehead atoms. The van der Waals surface area contributed by atoms with Crippen LogP contribution in [0.5, 0.6) is 0 Å².